The van der Waals surface area contributed by atoms with Crippen LogP contribution in [0, 0.1) is 6.92 Å². The number of hydrogen-bond donors (Lipinski definition) is 1. The van der Waals surface area contributed by atoms with E-state index in [2.05, 4.69) is 61.6 Å². The van der Waals surface area contributed by atoms with E-state index in [0.29, 0.717) is 13.2 Å². The van der Waals surface area contributed by atoms with E-state index >= 15 is 0 Å². The lowest BCUT2D eigenvalue weighted by Gasteiger charge is -2.28. The topological polar surface area (TPSA) is 68.1 Å². The molecule has 1 saturated heterocycles. The highest BCUT2D eigenvalue weighted by molar-refractivity contribution is 7.98. The molecule has 0 aliphatic carbocycles. The zero-order valence-corrected chi connectivity index (χ0v) is 19.4. The molecule has 5 rings (SSSR count). The molecule has 4 aromatic rings. The number of thioether (sulfide) groups is 1. The molecule has 1 N–H and O–H groups in total. The van der Waals surface area contributed by atoms with E-state index in [1.807, 2.05) is 30.3 Å². The predicted octanol–water partition coefficient (Wildman–Crippen LogP) is 4.90. The van der Waals surface area contributed by atoms with Crippen molar-refractivity contribution in [1.82, 2.24) is 19.7 Å². The minimum absolute atomic E-state index is 0.708. The second-order valence-electron chi connectivity index (χ2n) is 7.48. The standard InChI is InChI=1S/C23H24N6OS2/c1-17-6-5-9-20(14-17)29-22(28-10-12-30-13-11-28)26-27-23(29)32-16-19-15-31-21(25-19)24-18-7-3-2-4-8-18/h2-9,14-15H,10-13,16H2,1H3,(H,24,25). The van der Waals surface area contributed by atoms with E-state index < -0.39 is 0 Å². The first kappa shape index (κ1) is 21.0. The molecule has 7 nitrogen and oxygen atoms in total. The number of nitrogens with zero attached hydrogens (tertiary/aromatic N) is 5. The lowest BCUT2D eigenvalue weighted by Crippen LogP contribution is -2.37. The molecular weight excluding hydrogens is 440 g/mol. The highest BCUT2D eigenvalue weighted by Gasteiger charge is 2.22. The molecule has 0 saturated carbocycles. The van der Waals surface area contributed by atoms with Gasteiger partial charge < -0.3 is 15.0 Å². The first-order chi connectivity index (χ1) is 15.8. The fourth-order valence-electron chi connectivity index (χ4n) is 3.53. The second-order valence-corrected chi connectivity index (χ2v) is 9.28. The minimum Gasteiger partial charge on any atom is -0.378 e. The van der Waals surface area contributed by atoms with Crippen molar-refractivity contribution in [3.63, 3.8) is 0 Å². The van der Waals surface area contributed by atoms with Crippen LogP contribution in [0.1, 0.15) is 11.3 Å². The van der Waals surface area contributed by atoms with Gasteiger partial charge in [-0.1, -0.05) is 42.1 Å². The Labute approximate surface area is 195 Å². The van der Waals surface area contributed by atoms with Crippen LogP contribution in [0.2, 0.25) is 0 Å². The predicted molar refractivity (Wildman–Crippen MR) is 131 cm³/mol. The summed E-state index contributed by atoms with van der Waals surface area (Å²) in [5.74, 6) is 1.59. The van der Waals surface area contributed by atoms with Crippen molar-refractivity contribution >= 4 is 39.9 Å². The zero-order valence-electron chi connectivity index (χ0n) is 17.8. The van der Waals surface area contributed by atoms with Crippen LogP contribution in [-0.4, -0.2) is 46.1 Å². The maximum absolute atomic E-state index is 5.53. The molecule has 3 heterocycles. The number of benzene rings is 2. The largest absolute Gasteiger partial charge is 0.378 e. The van der Waals surface area contributed by atoms with Crippen LogP contribution in [0.5, 0.6) is 0 Å². The Morgan fingerprint density at radius 3 is 2.72 bits per heavy atom. The summed E-state index contributed by atoms with van der Waals surface area (Å²) in [5, 5.41) is 16.3. The molecule has 164 valence electrons. The van der Waals surface area contributed by atoms with E-state index in [1.54, 1.807) is 23.1 Å². The Balaban J connectivity index is 1.36. The van der Waals surface area contributed by atoms with Crippen LogP contribution >= 0.6 is 23.1 Å². The molecule has 9 heteroatoms. The lowest BCUT2D eigenvalue weighted by atomic mass is 10.2. The average Bonchev–Trinajstić information content (AvgIpc) is 3.46. The van der Waals surface area contributed by atoms with Gasteiger partial charge in [0.2, 0.25) is 5.95 Å². The molecule has 0 amide bonds. The maximum Gasteiger partial charge on any atom is 0.232 e. The van der Waals surface area contributed by atoms with Crippen LogP contribution in [0.25, 0.3) is 5.69 Å². The molecule has 32 heavy (non-hydrogen) atoms. The van der Waals surface area contributed by atoms with Crippen molar-refractivity contribution in [3.8, 4) is 5.69 Å². The number of nitrogens with one attached hydrogen (secondary N) is 1. The van der Waals surface area contributed by atoms with Gasteiger partial charge in [-0.3, -0.25) is 4.57 Å². The molecule has 1 fully saturated rings. The molecular formula is C23H24N6OS2. The molecule has 0 radical (unpaired) electrons. The summed E-state index contributed by atoms with van der Waals surface area (Å²) < 4.78 is 7.68. The molecule has 2 aromatic carbocycles. The molecule has 1 aliphatic rings. The first-order valence-electron chi connectivity index (χ1n) is 10.5. The van der Waals surface area contributed by atoms with Crippen LogP contribution in [-0.2, 0) is 10.5 Å². The van der Waals surface area contributed by atoms with Crippen LogP contribution in [0.15, 0.2) is 65.1 Å². The number of anilines is 3. The van der Waals surface area contributed by atoms with Crippen LogP contribution in [0.3, 0.4) is 0 Å². The van der Waals surface area contributed by atoms with Crippen molar-refractivity contribution in [2.45, 2.75) is 17.8 Å². The Hall–Kier alpha value is -2.88. The number of aromatic nitrogens is 4. The van der Waals surface area contributed by atoms with Gasteiger partial charge in [0, 0.05) is 29.9 Å². The summed E-state index contributed by atoms with van der Waals surface area (Å²) in [6, 6.07) is 18.5. The minimum atomic E-state index is 0.708. The number of para-hydroxylation sites is 1. The van der Waals surface area contributed by atoms with Crippen molar-refractivity contribution in [3.05, 3.63) is 71.2 Å². The summed E-state index contributed by atoms with van der Waals surface area (Å²) in [6.07, 6.45) is 0. The monoisotopic (exact) mass is 464 g/mol. The van der Waals surface area contributed by atoms with Gasteiger partial charge in [-0.25, -0.2) is 4.98 Å². The number of aryl methyl sites for hydroxylation is 1. The van der Waals surface area contributed by atoms with Crippen molar-refractivity contribution in [2.24, 2.45) is 0 Å². The van der Waals surface area contributed by atoms with Crippen molar-refractivity contribution < 1.29 is 4.74 Å². The second kappa shape index (κ2) is 9.72. The zero-order chi connectivity index (χ0) is 21.8. The Morgan fingerprint density at radius 2 is 1.91 bits per heavy atom. The Bertz CT molecular complexity index is 1170. The van der Waals surface area contributed by atoms with E-state index in [1.165, 1.54) is 5.56 Å². The van der Waals surface area contributed by atoms with Gasteiger partial charge in [-0.15, -0.1) is 21.5 Å². The van der Waals surface area contributed by atoms with Gasteiger partial charge in [0.15, 0.2) is 10.3 Å². The quantitative estimate of drug-likeness (QED) is 0.390. The number of ether oxygens (including phenoxy) is 1. The van der Waals surface area contributed by atoms with Gasteiger partial charge in [-0.05, 0) is 36.8 Å². The first-order valence-corrected chi connectivity index (χ1v) is 12.4. The number of rotatable bonds is 7. The summed E-state index contributed by atoms with van der Waals surface area (Å²) >= 11 is 3.26. The lowest BCUT2D eigenvalue weighted by molar-refractivity contribution is 0.122. The summed E-state index contributed by atoms with van der Waals surface area (Å²) in [6.45, 7) is 5.15. The van der Waals surface area contributed by atoms with Crippen molar-refractivity contribution in [1.29, 1.82) is 0 Å². The molecule has 0 unspecified atom stereocenters. The van der Waals surface area contributed by atoms with Gasteiger partial charge >= 0.3 is 0 Å². The molecule has 0 bridgehead atoms. The Kier molecular flexibility index (Phi) is 6.38. The number of hydrogen-bond acceptors (Lipinski definition) is 8. The van der Waals surface area contributed by atoms with Gasteiger partial charge in [0.1, 0.15) is 0 Å². The summed E-state index contributed by atoms with van der Waals surface area (Å²) in [4.78, 5) is 6.98. The average molecular weight is 465 g/mol. The van der Waals surface area contributed by atoms with Gasteiger partial charge in [0.05, 0.1) is 24.6 Å². The third-order valence-electron chi connectivity index (χ3n) is 5.10. The van der Waals surface area contributed by atoms with E-state index in [-0.39, 0.29) is 0 Å². The van der Waals surface area contributed by atoms with Gasteiger partial charge in [0.25, 0.3) is 0 Å². The van der Waals surface area contributed by atoms with Crippen molar-refractivity contribution in [2.75, 3.05) is 36.5 Å². The van der Waals surface area contributed by atoms with E-state index in [0.717, 1.165) is 52.1 Å². The van der Waals surface area contributed by atoms with Crippen LogP contribution in [0.4, 0.5) is 16.8 Å². The SMILES string of the molecule is Cc1cccc(-n2c(SCc3csc(Nc4ccccc4)n3)nnc2N2CCOCC2)c1. The normalized spacial score (nSPS) is 14.0. The molecule has 2 aromatic heterocycles. The highest BCUT2D eigenvalue weighted by Crippen LogP contribution is 2.31. The van der Waals surface area contributed by atoms with Crippen LogP contribution < -0.4 is 10.2 Å². The number of thiazole rings is 1. The smallest absolute Gasteiger partial charge is 0.232 e. The third-order valence-corrected chi connectivity index (χ3v) is 6.87. The summed E-state index contributed by atoms with van der Waals surface area (Å²) in [7, 11) is 0. The fourth-order valence-corrected chi connectivity index (χ4v) is 5.21. The fraction of sp³-hybridized carbons (Fsp3) is 0.261. The van der Waals surface area contributed by atoms with E-state index in [9.17, 15) is 0 Å². The summed E-state index contributed by atoms with van der Waals surface area (Å²) in [5.41, 5.74) is 4.33. The Morgan fingerprint density at radius 1 is 1.06 bits per heavy atom. The molecule has 0 spiro atoms. The maximum atomic E-state index is 5.53. The molecule has 1 aliphatic heterocycles. The molecule has 0 atom stereocenters. The number of morpholine rings is 1. The third kappa shape index (κ3) is 4.79. The van der Waals surface area contributed by atoms with Gasteiger partial charge in [-0.2, -0.15) is 0 Å². The van der Waals surface area contributed by atoms with E-state index in [4.69, 9.17) is 9.72 Å². The highest BCUT2D eigenvalue weighted by atomic mass is 32.2.